The Hall–Kier alpha value is -3.64. The Labute approximate surface area is 223 Å². The molecule has 2 heterocycles. The van der Waals surface area contributed by atoms with Crippen LogP contribution in [0.25, 0.3) is 22.2 Å². The molecule has 0 radical (unpaired) electrons. The van der Waals surface area contributed by atoms with Crippen LogP contribution in [-0.4, -0.2) is 48.1 Å². The van der Waals surface area contributed by atoms with E-state index in [1.807, 2.05) is 24.3 Å². The minimum atomic E-state index is 0.0165. The number of hydrogen-bond acceptors (Lipinski definition) is 6. The molecule has 0 unspecified atom stereocenters. The molecule has 38 heavy (non-hydrogen) atoms. The normalized spacial score (nSPS) is 18.2. The molecule has 1 saturated carbocycles. The Bertz CT molecular complexity index is 1540. The quantitative estimate of drug-likeness (QED) is 0.287. The third kappa shape index (κ3) is 3.81. The summed E-state index contributed by atoms with van der Waals surface area (Å²) in [6.45, 7) is 8.19. The van der Waals surface area contributed by atoms with Gasteiger partial charge in [-0.05, 0) is 49.9 Å². The van der Waals surface area contributed by atoms with Crippen LogP contribution in [0.4, 0.5) is 17.1 Å². The lowest BCUT2D eigenvalue weighted by Gasteiger charge is -2.41. The van der Waals surface area contributed by atoms with E-state index in [0.29, 0.717) is 16.9 Å². The molecule has 0 amide bonds. The summed E-state index contributed by atoms with van der Waals surface area (Å²) >= 11 is 0. The molecule has 194 valence electrons. The van der Waals surface area contributed by atoms with Gasteiger partial charge in [0, 0.05) is 49.0 Å². The Balaban J connectivity index is 1.33. The maximum absolute atomic E-state index is 13.9. The fourth-order valence-corrected chi connectivity index (χ4v) is 6.67. The fourth-order valence-electron chi connectivity index (χ4n) is 6.67. The molecular formula is C32H34N4O2. The van der Waals surface area contributed by atoms with E-state index in [2.05, 4.69) is 58.4 Å². The first-order valence-corrected chi connectivity index (χ1v) is 14.0. The van der Waals surface area contributed by atoms with Crippen molar-refractivity contribution in [3.8, 4) is 11.3 Å². The van der Waals surface area contributed by atoms with Crippen molar-refractivity contribution in [1.82, 2.24) is 10.1 Å². The van der Waals surface area contributed by atoms with E-state index in [-0.39, 0.29) is 5.78 Å². The lowest BCUT2D eigenvalue weighted by atomic mass is 9.86. The van der Waals surface area contributed by atoms with Crippen molar-refractivity contribution in [2.45, 2.75) is 52.0 Å². The molecule has 1 aromatic heterocycles. The Morgan fingerprint density at radius 1 is 0.895 bits per heavy atom. The zero-order valence-corrected chi connectivity index (χ0v) is 22.2. The average Bonchev–Trinajstić information content (AvgIpc) is 3.40. The standard InChI is InChI=1S/C32H34N4O2/c1-20-12-13-21(2)25(18-20)33-26-19-27(36-16-14-35(15-17-36)22-8-4-3-5-9-22)30-29-28(26)31(37)23-10-6-7-11-24(23)32(29)38-34-30/h6-7,10-13,18-19,22,33H,3-5,8-9,14-17H2,1-2H3. The molecule has 6 heteroatoms. The highest BCUT2D eigenvalue weighted by Gasteiger charge is 2.34. The maximum atomic E-state index is 13.9. The highest BCUT2D eigenvalue weighted by atomic mass is 16.5. The minimum Gasteiger partial charge on any atom is -0.367 e. The van der Waals surface area contributed by atoms with Crippen molar-refractivity contribution in [2.24, 2.45) is 0 Å². The number of benzene rings is 3. The molecule has 2 aliphatic carbocycles. The fraction of sp³-hybridized carbons (Fsp3) is 0.375. The predicted octanol–water partition coefficient (Wildman–Crippen LogP) is 6.85. The van der Waals surface area contributed by atoms with Crippen LogP contribution in [0.2, 0.25) is 0 Å². The number of piperazine rings is 1. The third-order valence-electron chi connectivity index (χ3n) is 8.79. The molecule has 7 rings (SSSR count). The van der Waals surface area contributed by atoms with Crippen LogP contribution < -0.4 is 10.2 Å². The largest absolute Gasteiger partial charge is 0.367 e. The highest BCUT2D eigenvalue weighted by molar-refractivity contribution is 6.28. The van der Waals surface area contributed by atoms with Gasteiger partial charge in [-0.2, -0.15) is 0 Å². The van der Waals surface area contributed by atoms with Crippen molar-refractivity contribution < 1.29 is 9.32 Å². The molecule has 2 fully saturated rings. The van der Waals surface area contributed by atoms with Crippen LogP contribution in [0.5, 0.6) is 0 Å². The first-order chi connectivity index (χ1) is 18.6. The van der Waals surface area contributed by atoms with Gasteiger partial charge in [-0.25, -0.2) is 0 Å². The van der Waals surface area contributed by atoms with Gasteiger partial charge < -0.3 is 14.7 Å². The summed E-state index contributed by atoms with van der Waals surface area (Å²) in [7, 11) is 0. The van der Waals surface area contributed by atoms with Crippen molar-refractivity contribution >= 4 is 33.7 Å². The highest BCUT2D eigenvalue weighted by Crippen LogP contribution is 2.46. The number of aryl methyl sites for hydroxylation is 2. The number of anilines is 3. The summed E-state index contributed by atoms with van der Waals surface area (Å²) < 4.78 is 6.00. The van der Waals surface area contributed by atoms with Gasteiger partial charge >= 0.3 is 0 Å². The lowest BCUT2D eigenvalue weighted by Crippen LogP contribution is -2.51. The molecule has 1 aliphatic heterocycles. The van der Waals surface area contributed by atoms with E-state index in [1.165, 1.54) is 37.7 Å². The summed E-state index contributed by atoms with van der Waals surface area (Å²) in [4.78, 5) is 19.1. The molecule has 0 spiro atoms. The summed E-state index contributed by atoms with van der Waals surface area (Å²) in [6.07, 6.45) is 6.76. The van der Waals surface area contributed by atoms with Crippen LogP contribution in [0.3, 0.4) is 0 Å². The van der Waals surface area contributed by atoms with E-state index < -0.39 is 0 Å². The van der Waals surface area contributed by atoms with Crippen LogP contribution in [0.15, 0.2) is 53.1 Å². The number of hydrogen-bond donors (Lipinski definition) is 1. The van der Waals surface area contributed by atoms with E-state index in [4.69, 9.17) is 4.52 Å². The van der Waals surface area contributed by atoms with Gasteiger partial charge in [0.1, 0.15) is 5.52 Å². The number of carbonyl (C=O) groups is 1. The van der Waals surface area contributed by atoms with Crippen molar-refractivity contribution in [3.05, 3.63) is 70.8 Å². The zero-order chi connectivity index (χ0) is 25.8. The number of aromatic nitrogens is 1. The number of fused-ring (bicyclic) bond motifs is 2. The Morgan fingerprint density at radius 2 is 1.66 bits per heavy atom. The van der Waals surface area contributed by atoms with Crippen molar-refractivity contribution in [2.75, 3.05) is 36.4 Å². The summed E-state index contributed by atoms with van der Waals surface area (Å²) in [5, 5.41) is 9.05. The molecule has 3 aromatic carbocycles. The van der Waals surface area contributed by atoms with Gasteiger partial charge in [-0.3, -0.25) is 9.69 Å². The van der Waals surface area contributed by atoms with E-state index in [9.17, 15) is 4.79 Å². The number of carbonyl (C=O) groups excluding carboxylic acids is 1. The second kappa shape index (κ2) is 9.28. The molecule has 4 aromatic rings. The summed E-state index contributed by atoms with van der Waals surface area (Å²) in [6, 6.07) is 17.0. The predicted molar refractivity (Wildman–Crippen MR) is 153 cm³/mol. The topological polar surface area (TPSA) is 61.6 Å². The van der Waals surface area contributed by atoms with Gasteiger partial charge in [-0.1, -0.05) is 60.8 Å². The molecule has 1 saturated heterocycles. The number of rotatable bonds is 4. The maximum Gasteiger partial charge on any atom is 0.196 e. The molecule has 1 N–H and O–H groups in total. The summed E-state index contributed by atoms with van der Waals surface area (Å²) in [5.41, 5.74) is 8.12. The molecule has 6 nitrogen and oxygen atoms in total. The van der Waals surface area contributed by atoms with E-state index in [1.54, 1.807) is 0 Å². The van der Waals surface area contributed by atoms with Gasteiger partial charge in [0.05, 0.1) is 22.3 Å². The number of nitrogens with one attached hydrogen (secondary N) is 1. The first kappa shape index (κ1) is 23.5. The molecular weight excluding hydrogens is 472 g/mol. The Morgan fingerprint density at radius 3 is 2.45 bits per heavy atom. The van der Waals surface area contributed by atoms with Gasteiger partial charge in [0.2, 0.25) is 0 Å². The number of ketones is 1. The van der Waals surface area contributed by atoms with Gasteiger partial charge in [0.15, 0.2) is 11.5 Å². The van der Waals surface area contributed by atoms with Crippen LogP contribution in [0, 0.1) is 13.8 Å². The van der Waals surface area contributed by atoms with Crippen LogP contribution >= 0.6 is 0 Å². The summed E-state index contributed by atoms with van der Waals surface area (Å²) in [5.74, 6) is 0.708. The van der Waals surface area contributed by atoms with Gasteiger partial charge in [0.25, 0.3) is 0 Å². The Kier molecular flexibility index (Phi) is 5.73. The van der Waals surface area contributed by atoms with E-state index >= 15 is 0 Å². The molecule has 0 bridgehead atoms. The lowest BCUT2D eigenvalue weighted by molar-refractivity contribution is 0.104. The van der Waals surface area contributed by atoms with E-state index in [0.717, 1.165) is 71.3 Å². The van der Waals surface area contributed by atoms with Gasteiger partial charge in [-0.15, -0.1) is 0 Å². The zero-order valence-electron chi connectivity index (χ0n) is 22.2. The third-order valence-corrected chi connectivity index (χ3v) is 8.79. The average molecular weight is 507 g/mol. The monoisotopic (exact) mass is 506 g/mol. The molecule has 3 aliphatic rings. The smallest absolute Gasteiger partial charge is 0.196 e. The SMILES string of the molecule is Cc1ccc(C)c(Nc2cc(N3CCN(C4CCCCC4)CC3)c3noc4c3c2C(=O)c2ccccc2-4)c1. The molecule has 0 atom stereocenters. The second-order valence-electron chi connectivity index (χ2n) is 11.2. The van der Waals surface area contributed by atoms with Crippen molar-refractivity contribution in [3.63, 3.8) is 0 Å². The number of nitrogens with zero attached hydrogens (tertiary/aromatic N) is 3. The minimum absolute atomic E-state index is 0.0165. The van der Waals surface area contributed by atoms with Crippen molar-refractivity contribution in [1.29, 1.82) is 0 Å². The van der Waals surface area contributed by atoms with Crippen LogP contribution in [-0.2, 0) is 0 Å². The first-order valence-electron chi connectivity index (χ1n) is 14.0. The van der Waals surface area contributed by atoms with Crippen LogP contribution in [0.1, 0.15) is 59.2 Å². The second-order valence-corrected chi connectivity index (χ2v) is 11.2.